The lowest BCUT2D eigenvalue weighted by atomic mass is 9.99. The molecule has 0 unspecified atom stereocenters. The van der Waals surface area contributed by atoms with Gasteiger partial charge in [0, 0.05) is 11.0 Å². The van der Waals surface area contributed by atoms with E-state index >= 15 is 0 Å². The van der Waals surface area contributed by atoms with Gasteiger partial charge >= 0.3 is 0 Å². The first-order chi connectivity index (χ1) is 15.0. The van der Waals surface area contributed by atoms with Crippen LogP contribution in [0.1, 0.15) is 16.7 Å². The van der Waals surface area contributed by atoms with Gasteiger partial charge in [-0.15, -0.1) is 0 Å². The predicted octanol–water partition coefficient (Wildman–Crippen LogP) is 5.11. The van der Waals surface area contributed by atoms with Gasteiger partial charge in [-0.2, -0.15) is 0 Å². The Labute approximate surface area is 184 Å². The van der Waals surface area contributed by atoms with E-state index in [2.05, 4.69) is 0 Å². The van der Waals surface area contributed by atoms with Crippen LogP contribution in [0.3, 0.4) is 0 Å². The van der Waals surface area contributed by atoms with Gasteiger partial charge in [-0.3, -0.25) is 9.59 Å². The van der Waals surface area contributed by atoms with Crippen molar-refractivity contribution < 1.29 is 19.1 Å². The fraction of sp³-hybridized carbons (Fsp3) is 0.120. The molecule has 0 radical (unpaired) electrons. The van der Waals surface area contributed by atoms with Gasteiger partial charge in [-0.25, -0.2) is 4.90 Å². The highest BCUT2D eigenvalue weighted by molar-refractivity contribution is 8.04. The number of carbonyl (C=O) groups excluding carboxylic acids is 2. The van der Waals surface area contributed by atoms with Gasteiger partial charge in [0.25, 0.3) is 11.8 Å². The van der Waals surface area contributed by atoms with Gasteiger partial charge in [0.2, 0.25) is 6.79 Å². The Morgan fingerprint density at radius 1 is 0.839 bits per heavy atom. The Kier molecular flexibility index (Phi) is 4.79. The number of thioether (sulfide) groups is 1. The minimum atomic E-state index is -0.340. The minimum Gasteiger partial charge on any atom is -0.454 e. The van der Waals surface area contributed by atoms with Gasteiger partial charge < -0.3 is 9.47 Å². The van der Waals surface area contributed by atoms with Crippen molar-refractivity contribution in [1.29, 1.82) is 0 Å². The van der Waals surface area contributed by atoms with Crippen molar-refractivity contribution in [3.8, 4) is 11.5 Å². The minimum absolute atomic E-state index is 0.127. The number of ether oxygens (including phenoxy) is 2. The molecule has 5 nitrogen and oxygen atoms in total. The van der Waals surface area contributed by atoms with Crippen molar-refractivity contribution in [1.82, 2.24) is 0 Å². The van der Waals surface area contributed by atoms with Crippen LogP contribution in [0.2, 0.25) is 0 Å². The highest BCUT2D eigenvalue weighted by Gasteiger charge is 2.41. The Morgan fingerprint density at radius 2 is 1.61 bits per heavy atom. The van der Waals surface area contributed by atoms with E-state index in [4.69, 9.17) is 9.47 Å². The van der Waals surface area contributed by atoms with Gasteiger partial charge in [-0.1, -0.05) is 53.7 Å². The second-order valence-corrected chi connectivity index (χ2v) is 8.50. The van der Waals surface area contributed by atoms with Crippen molar-refractivity contribution in [3.63, 3.8) is 0 Å². The summed E-state index contributed by atoms with van der Waals surface area (Å²) in [4.78, 5) is 29.7. The summed E-state index contributed by atoms with van der Waals surface area (Å²) in [6.45, 7) is 4.09. The Balaban J connectivity index is 1.63. The van der Waals surface area contributed by atoms with Gasteiger partial charge in [0.15, 0.2) is 11.5 Å². The van der Waals surface area contributed by atoms with E-state index in [1.54, 1.807) is 18.2 Å². The van der Waals surface area contributed by atoms with Gasteiger partial charge in [0.1, 0.15) is 0 Å². The molecule has 3 aromatic carbocycles. The van der Waals surface area contributed by atoms with Crippen LogP contribution < -0.4 is 14.4 Å². The average Bonchev–Trinajstić information content (AvgIpc) is 3.31. The second kappa shape index (κ2) is 7.63. The molecule has 0 atom stereocenters. The second-order valence-electron chi connectivity index (χ2n) is 7.42. The quantitative estimate of drug-likeness (QED) is 0.540. The summed E-state index contributed by atoms with van der Waals surface area (Å²) in [6.07, 6.45) is 0. The number of rotatable bonds is 4. The SMILES string of the molecule is Cc1ccc(C2=C(Sc3ccccc3)C(=O)N(c3ccc4c(c3)OCO4)C2=O)c(C)c1. The summed E-state index contributed by atoms with van der Waals surface area (Å²) < 4.78 is 10.8. The molecule has 2 aliphatic rings. The molecule has 0 spiro atoms. The third-order valence-corrected chi connectivity index (χ3v) is 6.36. The van der Waals surface area contributed by atoms with Crippen molar-refractivity contribution in [2.24, 2.45) is 0 Å². The first-order valence-electron chi connectivity index (χ1n) is 9.86. The Morgan fingerprint density at radius 3 is 2.39 bits per heavy atom. The summed E-state index contributed by atoms with van der Waals surface area (Å²) in [6, 6.07) is 20.6. The molecule has 0 bridgehead atoms. The lowest BCUT2D eigenvalue weighted by Crippen LogP contribution is -2.31. The van der Waals surface area contributed by atoms with E-state index in [1.807, 2.05) is 62.4 Å². The van der Waals surface area contributed by atoms with Crippen LogP contribution in [0, 0.1) is 13.8 Å². The number of nitrogens with zero attached hydrogens (tertiary/aromatic N) is 1. The molecule has 0 saturated carbocycles. The topological polar surface area (TPSA) is 55.8 Å². The van der Waals surface area contributed by atoms with Gasteiger partial charge in [0.05, 0.1) is 16.2 Å². The smallest absolute Gasteiger partial charge is 0.272 e. The number of amides is 2. The summed E-state index contributed by atoms with van der Waals surface area (Å²) in [5, 5.41) is 0. The number of imide groups is 1. The number of hydrogen-bond acceptors (Lipinski definition) is 5. The van der Waals surface area contributed by atoms with Crippen molar-refractivity contribution in [2.75, 3.05) is 11.7 Å². The molecule has 5 rings (SSSR count). The van der Waals surface area contributed by atoms with E-state index in [9.17, 15) is 9.59 Å². The number of benzene rings is 3. The van der Waals surface area contributed by atoms with E-state index in [-0.39, 0.29) is 18.6 Å². The maximum Gasteiger partial charge on any atom is 0.272 e. The zero-order valence-electron chi connectivity index (χ0n) is 17.0. The Hall–Kier alpha value is -3.51. The molecule has 2 aliphatic heterocycles. The standard InChI is InChI=1S/C25H19NO4S/c1-15-8-10-19(16(2)12-15)22-23(31-18-6-4-3-5-7-18)25(28)26(24(22)27)17-9-11-20-21(13-17)30-14-29-20/h3-13H,14H2,1-2H3. The molecule has 6 heteroatoms. The maximum absolute atomic E-state index is 13.6. The molecular weight excluding hydrogens is 410 g/mol. The number of anilines is 1. The third-order valence-electron chi connectivity index (χ3n) is 5.27. The van der Waals surface area contributed by atoms with Crippen molar-refractivity contribution in [3.05, 3.63) is 88.3 Å². The van der Waals surface area contributed by atoms with Crippen LogP contribution in [0.5, 0.6) is 11.5 Å². The number of fused-ring (bicyclic) bond motifs is 1. The fourth-order valence-corrected chi connectivity index (χ4v) is 4.81. The number of carbonyl (C=O) groups is 2. The lowest BCUT2D eigenvalue weighted by molar-refractivity contribution is -0.119. The summed E-state index contributed by atoms with van der Waals surface area (Å²) in [5.74, 6) is 0.446. The van der Waals surface area contributed by atoms with E-state index in [1.165, 1.54) is 16.7 Å². The lowest BCUT2D eigenvalue weighted by Gasteiger charge is -2.16. The molecular formula is C25H19NO4S. The first-order valence-corrected chi connectivity index (χ1v) is 10.7. The van der Waals surface area contributed by atoms with Crippen LogP contribution in [0.15, 0.2) is 76.5 Å². The molecule has 2 heterocycles. The molecule has 3 aromatic rings. The van der Waals surface area contributed by atoms with E-state index in [0.717, 1.165) is 21.6 Å². The van der Waals surface area contributed by atoms with Crippen molar-refractivity contribution >= 4 is 34.8 Å². The highest BCUT2D eigenvalue weighted by atomic mass is 32.2. The van der Waals surface area contributed by atoms with Crippen LogP contribution in [0.25, 0.3) is 5.57 Å². The molecule has 0 aliphatic carbocycles. The molecule has 0 N–H and O–H groups in total. The van der Waals surface area contributed by atoms with Crippen LogP contribution in [-0.4, -0.2) is 18.6 Å². The normalized spacial score (nSPS) is 15.2. The first kappa shape index (κ1) is 19.5. The summed E-state index contributed by atoms with van der Waals surface area (Å²) in [5.41, 5.74) is 3.71. The molecule has 31 heavy (non-hydrogen) atoms. The molecule has 0 saturated heterocycles. The maximum atomic E-state index is 13.6. The molecule has 154 valence electrons. The number of aryl methyl sites for hydroxylation is 2. The summed E-state index contributed by atoms with van der Waals surface area (Å²) >= 11 is 1.31. The monoisotopic (exact) mass is 429 g/mol. The van der Waals surface area contributed by atoms with Crippen LogP contribution in [-0.2, 0) is 9.59 Å². The number of hydrogen-bond donors (Lipinski definition) is 0. The fourth-order valence-electron chi connectivity index (χ4n) is 3.80. The Bertz CT molecular complexity index is 1250. The average molecular weight is 429 g/mol. The summed E-state index contributed by atoms with van der Waals surface area (Å²) in [7, 11) is 0. The van der Waals surface area contributed by atoms with Crippen molar-refractivity contribution in [2.45, 2.75) is 18.7 Å². The highest BCUT2D eigenvalue weighted by Crippen LogP contribution is 2.44. The molecule has 0 aromatic heterocycles. The van der Waals surface area contributed by atoms with Crippen LogP contribution >= 0.6 is 11.8 Å². The van der Waals surface area contributed by atoms with E-state index in [0.29, 0.717) is 27.7 Å². The zero-order valence-corrected chi connectivity index (χ0v) is 17.9. The van der Waals surface area contributed by atoms with Gasteiger partial charge in [-0.05, 0) is 49.2 Å². The zero-order chi connectivity index (χ0) is 21.5. The largest absolute Gasteiger partial charge is 0.454 e. The molecule has 2 amide bonds. The third kappa shape index (κ3) is 3.39. The van der Waals surface area contributed by atoms with E-state index < -0.39 is 0 Å². The predicted molar refractivity (Wildman–Crippen MR) is 120 cm³/mol. The van der Waals surface area contributed by atoms with Crippen LogP contribution in [0.4, 0.5) is 5.69 Å². The molecule has 0 fully saturated rings.